The normalized spacial score (nSPS) is 25.3. The Kier molecular flexibility index (Phi) is 4.51. The van der Waals surface area contributed by atoms with Gasteiger partial charge in [0, 0.05) is 39.0 Å². The molecule has 2 fully saturated rings. The molecule has 0 aromatic carbocycles. The first-order valence-electron chi connectivity index (χ1n) is 8.62. The maximum absolute atomic E-state index is 6.30. The summed E-state index contributed by atoms with van der Waals surface area (Å²) in [6.45, 7) is 3.13. The number of aromatic nitrogens is 2. The molecule has 5 heteroatoms. The average Bonchev–Trinajstić information content (AvgIpc) is 2.92. The van der Waals surface area contributed by atoms with Crippen molar-refractivity contribution >= 4 is 11.3 Å². The summed E-state index contributed by atoms with van der Waals surface area (Å²) in [5.41, 5.74) is 2.74. The predicted molar refractivity (Wildman–Crippen MR) is 92.5 cm³/mol. The van der Waals surface area contributed by atoms with Crippen molar-refractivity contribution in [3.05, 3.63) is 40.3 Å². The number of ether oxygens (including phenoxy) is 1. The van der Waals surface area contributed by atoms with E-state index in [-0.39, 0.29) is 0 Å². The molecule has 0 N–H and O–H groups in total. The Balaban J connectivity index is 1.45. The van der Waals surface area contributed by atoms with Crippen LogP contribution in [0.5, 0.6) is 0 Å². The van der Waals surface area contributed by atoms with E-state index in [0.29, 0.717) is 12.1 Å². The van der Waals surface area contributed by atoms with Crippen LogP contribution in [0.1, 0.15) is 30.4 Å². The summed E-state index contributed by atoms with van der Waals surface area (Å²) < 4.78 is 8.20. The van der Waals surface area contributed by atoms with Gasteiger partial charge in [0.25, 0.3) is 0 Å². The molecule has 1 saturated carbocycles. The average molecular weight is 331 g/mol. The molecule has 2 aliphatic rings. The van der Waals surface area contributed by atoms with Crippen molar-refractivity contribution in [3.63, 3.8) is 0 Å². The summed E-state index contributed by atoms with van der Waals surface area (Å²) in [6.07, 6.45) is 9.42. The summed E-state index contributed by atoms with van der Waals surface area (Å²) in [5, 5.41) is 8.76. The lowest BCUT2D eigenvalue weighted by Crippen LogP contribution is -2.38. The molecular weight excluding hydrogens is 306 g/mol. The Labute approximate surface area is 142 Å². The maximum atomic E-state index is 6.30. The smallest absolute Gasteiger partial charge is 0.0745 e. The van der Waals surface area contributed by atoms with Gasteiger partial charge in [-0.05, 0) is 59.6 Å². The van der Waals surface area contributed by atoms with Crippen LogP contribution in [-0.2, 0) is 24.8 Å². The Hall–Kier alpha value is -1.17. The van der Waals surface area contributed by atoms with E-state index in [2.05, 4.69) is 33.0 Å². The highest BCUT2D eigenvalue weighted by Gasteiger charge is 2.36. The van der Waals surface area contributed by atoms with Gasteiger partial charge in [0.05, 0.1) is 12.3 Å². The number of likely N-dealkylation sites (tertiary alicyclic amines) is 1. The van der Waals surface area contributed by atoms with Crippen LogP contribution in [-0.4, -0.2) is 40.0 Å². The Bertz CT molecular complexity index is 620. The first-order valence-corrected chi connectivity index (χ1v) is 9.56. The van der Waals surface area contributed by atoms with Gasteiger partial charge in [-0.3, -0.25) is 9.58 Å². The Morgan fingerprint density at radius 3 is 2.91 bits per heavy atom. The molecular formula is C18H25N3OS. The lowest BCUT2D eigenvalue weighted by molar-refractivity contribution is 0.0197. The number of hydrogen-bond acceptors (Lipinski definition) is 4. The summed E-state index contributed by atoms with van der Waals surface area (Å²) in [6, 6.07) is 2.71. The molecule has 1 aliphatic heterocycles. The third-order valence-corrected chi connectivity index (χ3v) is 5.74. The Morgan fingerprint density at radius 1 is 1.30 bits per heavy atom. The van der Waals surface area contributed by atoms with Gasteiger partial charge in [0.1, 0.15) is 0 Å². The van der Waals surface area contributed by atoms with Crippen LogP contribution in [0.4, 0.5) is 0 Å². The molecule has 1 saturated heterocycles. The predicted octanol–water partition coefficient (Wildman–Crippen LogP) is 3.09. The van der Waals surface area contributed by atoms with Crippen molar-refractivity contribution in [2.24, 2.45) is 13.0 Å². The zero-order valence-corrected chi connectivity index (χ0v) is 14.5. The fraction of sp³-hybridized carbons (Fsp3) is 0.611. The third kappa shape index (κ3) is 3.84. The van der Waals surface area contributed by atoms with Crippen LogP contribution >= 0.6 is 11.3 Å². The van der Waals surface area contributed by atoms with Crippen molar-refractivity contribution in [2.75, 3.05) is 13.2 Å². The van der Waals surface area contributed by atoms with Gasteiger partial charge < -0.3 is 4.74 Å². The zero-order valence-electron chi connectivity index (χ0n) is 13.7. The van der Waals surface area contributed by atoms with E-state index >= 15 is 0 Å². The largest absolute Gasteiger partial charge is 0.376 e. The molecule has 124 valence electrons. The van der Waals surface area contributed by atoms with E-state index in [0.717, 1.165) is 38.5 Å². The zero-order chi connectivity index (χ0) is 15.6. The first-order chi connectivity index (χ1) is 11.3. The molecule has 0 bridgehead atoms. The fourth-order valence-electron chi connectivity index (χ4n) is 3.52. The molecule has 1 aliphatic carbocycles. The molecule has 2 atom stereocenters. The van der Waals surface area contributed by atoms with E-state index < -0.39 is 0 Å². The number of thiophene rings is 1. The maximum Gasteiger partial charge on any atom is 0.0745 e. The van der Waals surface area contributed by atoms with Crippen LogP contribution in [0.2, 0.25) is 0 Å². The van der Waals surface area contributed by atoms with Crippen molar-refractivity contribution in [2.45, 2.75) is 44.4 Å². The van der Waals surface area contributed by atoms with Crippen molar-refractivity contribution in [1.29, 1.82) is 0 Å². The minimum Gasteiger partial charge on any atom is -0.376 e. The molecule has 4 rings (SSSR count). The summed E-state index contributed by atoms with van der Waals surface area (Å²) in [7, 11) is 1.99. The molecule has 3 heterocycles. The minimum atomic E-state index is 0.370. The quantitative estimate of drug-likeness (QED) is 0.781. The monoisotopic (exact) mass is 331 g/mol. The highest BCUT2D eigenvalue weighted by molar-refractivity contribution is 7.07. The van der Waals surface area contributed by atoms with Crippen molar-refractivity contribution in [3.8, 4) is 0 Å². The summed E-state index contributed by atoms with van der Waals surface area (Å²) in [5.74, 6) is 0.833. The van der Waals surface area contributed by atoms with Crippen molar-refractivity contribution in [1.82, 2.24) is 14.7 Å². The van der Waals surface area contributed by atoms with Gasteiger partial charge in [-0.25, -0.2) is 0 Å². The summed E-state index contributed by atoms with van der Waals surface area (Å²) >= 11 is 1.78. The van der Waals surface area contributed by atoms with Crippen LogP contribution in [0.25, 0.3) is 0 Å². The minimum absolute atomic E-state index is 0.370. The van der Waals surface area contributed by atoms with E-state index in [1.807, 2.05) is 17.9 Å². The second kappa shape index (κ2) is 6.75. The lowest BCUT2D eigenvalue weighted by atomic mass is 10.0. The highest BCUT2D eigenvalue weighted by Crippen LogP contribution is 2.32. The highest BCUT2D eigenvalue weighted by atomic mass is 32.1. The molecule has 0 unspecified atom stereocenters. The summed E-state index contributed by atoms with van der Waals surface area (Å²) in [4.78, 5) is 2.60. The van der Waals surface area contributed by atoms with Crippen LogP contribution < -0.4 is 0 Å². The standard InChI is InChI=1S/C18H25N3OS/c1-20-10-16(9-19-20)8-17-18(22-12-14-2-3-14)4-6-21(17)11-15-5-7-23-13-15/h5,7,9-10,13-14,17-18H,2-4,6,8,11-12H2,1H3/t17-,18+/m1/s1. The second-order valence-corrected chi connectivity index (χ2v) is 7.78. The van der Waals surface area contributed by atoms with Crippen LogP contribution in [0.3, 0.4) is 0 Å². The molecule has 0 amide bonds. The molecule has 23 heavy (non-hydrogen) atoms. The Morgan fingerprint density at radius 2 is 2.22 bits per heavy atom. The van der Waals surface area contributed by atoms with Gasteiger partial charge >= 0.3 is 0 Å². The van der Waals surface area contributed by atoms with E-state index in [1.54, 1.807) is 11.3 Å². The van der Waals surface area contributed by atoms with Crippen LogP contribution in [0, 0.1) is 5.92 Å². The van der Waals surface area contributed by atoms with Gasteiger partial charge in [0.15, 0.2) is 0 Å². The second-order valence-electron chi connectivity index (χ2n) is 7.00. The van der Waals surface area contributed by atoms with Crippen LogP contribution in [0.15, 0.2) is 29.2 Å². The van der Waals surface area contributed by atoms with Crippen molar-refractivity contribution < 1.29 is 4.74 Å². The van der Waals surface area contributed by atoms with E-state index in [1.165, 1.54) is 24.0 Å². The lowest BCUT2D eigenvalue weighted by Gasteiger charge is -2.28. The SMILES string of the molecule is Cn1cc(C[C@@H]2[C@@H](OCC3CC3)CCN2Cc2ccsc2)cn1. The topological polar surface area (TPSA) is 30.3 Å². The van der Waals surface area contributed by atoms with Gasteiger partial charge in [-0.2, -0.15) is 16.4 Å². The van der Waals surface area contributed by atoms with E-state index in [9.17, 15) is 0 Å². The molecule has 0 spiro atoms. The number of rotatable bonds is 7. The molecule has 0 radical (unpaired) electrons. The number of aryl methyl sites for hydroxylation is 1. The van der Waals surface area contributed by atoms with E-state index in [4.69, 9.17) is 4.74 Å². The van der Waals surface area contributed by atoms with Gasteiger partial charge in [-0.15, -0.1) is 0 Å². The number of nitrogens with zero attached hydrogens (tertiary/aromatic N) is 3. The molecule has 2 aromatic rings. The van der Waals surface area contributed by atoms with Gasteiger partial charge in [-0.1, -0.05) is 0 Å². The first kappa shape index (κ1) is 15.4. The number of hydrogen-bond donors (Lipinski definition) is 0. The fourth-order valence-corrected chi connectivity index (χ4v) is 4.18. The molecule has 2 aromatic heterocycles. The van der Waals surface area contributed by atoms with Gasteiger partial charge in [0.2, 0.25) is 0 Å². The molecule has 4 nitrogen and oxygen atoms in total. The third-order valence-electron chi connectivity index (χ3n) is 5.01.